The first-order valence-corrected chi connectivity index (χ1v) is 7.65. The number of nitrogens with one attached hydrogen (secondary N) is 1. The molecule has 0 aliphatic heterocycles. The van der Waals surface area contributed by atoms with Gasteiger partial charge in [-0.3, -0.25) is 4.79 Å². The van der Waals surface area contributed by atoms with Crippen molar-refractivity contribution in [2.75, 3.05) is 18.5 Å². The molecule has 2 aromatic rings. The van der Waals surface area contributed by atoms with Gasteiger partial charge < -0.3 is 15.8 Å². The van der Waals surface area contributed by atoms with E-state index in [4.69, 9.17) is 10.5 Å². The Kier molecular flexibility index (Phi) is 5.30. The van der Waals surface area contributed by atoms with Gasteiger partial charge >= 0.3 is 0 Å². The maximum atomic E-state index is 11.2. The van der Waals surface area contributed by atoms with Gasteiger partial charge in [0.25, 0.3) is 0 Å². The minimum absolute atomic E-state index is 0.0448. The van der Waals surface area contributed by atoms with E-state index in [0.29, 0.717) is 17.7 Å². The molecule has 0 saturated carbocycles. The number of hydrogen-bond acceptors (Lipinski definition) is 5. The molecule has 0 aliphatic rings. The number of rotatable bonds is 6. The third-order valence-electron chi connectivity index (χ3n) is 2.67. The fraction of sp³-hybridized carbons (Fsp3) is 0.333. The van der Waals surface area contributed by atoms with Crippen molar-refractivity contribution in [3.63, 3.8) is 0 Å². The molecule has 0 radical (unpaired) electrons. The summed E-state index contributed by atoms with van der Waals surface area (Å²) in [4.78, 5) is 15.6. The van der Waals surface area contributed by atoms with Crippen LogP contribution in [0.3, 0.4) is 0 Å². The molecule has 0 atom stereocenters. The topological polar surface area (TPSA) is 77.2 Å². The lowest BCUT2D eigenvalue weighted by Gasteiger charge is -2.08. The van der Waals surface area contributed by atoms with Crippen LogP contribution >= 0.6 is 11.3 Å². The maximum absolute atomic E-state index is 11.2. The number of ether oxygens (including phenoxy) is 1. The molecule has 1 aromatic heterocycles. The van der Waals surface area contributed by atoms with Crippen molar-refractivity contribution in [3.8, 4) is 17.0 Å². The van der Waals surface area contributed by atoms with Gasteiger partial charge in [0.1, 0.15) is 5.75 Å². The van der Waals surface area contributed by atoms with Gasteiger partial charge in [0.15, 0.2) is 5.13 Å². The second kappa shape index (κ2) is 7.19. The molecule has 0 unspecified atom stereocenters. The van der Waals surface area contributed by atoms with E-state index in [2.05, 4.69) is 24.1 Å². The average molecular weight is 305 g/mol. The van der Waals surface area contributed by atoms with Crippen LogP contribution in [0.2, 0.25) is 0 Å². The number of amides is 1. The van der Waals surface area contributed by atoms with Crippen LogP contribution in [0, 0.1) is 5.92 Å². The molecule has 21 heavy (non-hydrogen) atoms. The van der Waals surface area contributed by atoms with E-state index in [0.717, 1.165) is 17.0 Å². The number of benzene rings is 1. The van der Waals surface area contributed by atoms with Crippen LogP contribution in [-0.4, -0.2) is 24.0 Å². The minimum atomic E-state index is -0.242. The molecule has 0 bridgehead atoms. The fourth-order valence-corrected chi connectivity index (χ4v) is 2.35. The normalized spacial score (nSPS) is 10.7. The van der Waals surface area contributed by atoms with Gasteiger partial charge in [-0.05, 0) is 30.2 Å². The highest BCUT2D eigenvalue weighted by molar-refractivity contribution is 7.14. The molecule has 0 spiro atoms. The Morgan fingerprint density at radius 1 is 1.38 bits per heavy atom. The first-order chi connectivity index (χ1) is 10.1. The van der Waals surface area contributed by atoms with Crippen molar-refractivity contribution >= 4 is 22.4 Å². The third kappa shape index (κ3) is 4.54. The summed E-state index contributed by atoms with van der Waals surface area (Å²) in [6.45, 7) is 4.88. The Hall–Kier alpha value is -1.92. The quantitative estimate of drug-likeness (QED) is 0.860. The molecule has 1 heterocycles. The Morgan fingerprint density at radius 3 is 2.71 bits per heavy atom. The van der Waals surface area contributed by atoms with Crippen molar-refractivity contribution in [3.05, 3.63) is 29.6 Å². The van der Waals surface area contributed by atoms with Crippen LogP contribution in [0.25, 0.3) is 11.3 Å². The molecular weight excluding hydrogens is 286 g/mol. The summed E-state index contributed by atoms with van der Waals surface area (Å²) >= 11 is 1.38. The second-order valence-electron chi connectivity index (χ2n) is 5.02. The summed E-state index contributed by atoms with van der Waals surface area (Å²) in [5, 5.41) is 5.10. The second-order valence-corrected chi connectivity index (χ2v) is 5.88. The molecule has 5 nitrogen and oxygen atoms in total. The minimum Gasteiger partial charge on any atom is -0.493 e. The van der Waals surface area contributed by atoms with Gasteiger partial charge in [-0.1, -0.05) is 13.8 Å². The lowest BCUT2D eigenvalue weighted by Crippen LogP contribution is -2.21. The number of carbonyl (C=O) groups excluding carboxylic acids is 1. The zero-order chi connectivity index (χ0) is 15.2. The largest absolute Gasteiger partial charge is 0.493 e. The monoisotopic (exact) mass is 305 g/mol. The Morgan fingerprint density at radius 2 is 2.10 bits per heavy atom. The first kappa shape index (κ1) is 15.5. The average Bonchev–Trinajstić information content (AvgIpc) is 2.94. The van der Waals surface area contributed by atoms with Gasteiger partial charge in [0.05, 0.1) is 18.8 Å². The smallest absolute Gasteiger partial charge is 0.239 e. The SMILES string of the molecule is CC(C)COc1ccc(-c2csc(NC(=O)CN)n2)cc1. The molecule has 0 aliphatic carbocycles. The summed E-state index contributed by atoms with van der Waals surface area (Å²) in [6, 6.07) is 7.77. The highest BCUT2D eigenvalue weighted by Crippen LogP contribution is 2.26. The van der Waals surface area contributed by atoms with Crippen molar-refractivity contribution in [2.45, 2.75) is 13.8 Å². The molecule has 0 fully saturated rings. The van der Waals surface area contributed by atoms with Crippen molar-refractivity contribution < 1.29 is 9.53 Å². The molecule has 3 N–H and O–H groups in total. The lowest BCUT2D eigenvalue weighted by atomic mass is 10.2. The predicted molar refractivity (Wildman–Crippen MR) is 85.6 cm³/mol. The summed E-state index contributed by atoms with van der Waals surface area (Å²) in [5.74, 6) is 1.10. The van der Waals surface area contributed by atoms with Crippen molar-refractivity contribution in [2.24, 2.45) is 11.7 Å². The molecular formula is C15H19N3O2S. The van der Waals surface area contributed by atoms with Gasteiger partial charge in [0.2, 0.25) is 5.91 Å². The van der Waals surface area contributed by atoms with Crippen LogP contribution in [-0.2, 0) is 4.79 Å². The van der Waals surface area contributed by atoms with Crippen LogP contribution in [0.1, 0.15) is 13.8 Å². The van der Waals surface area contributed by atoms with E-state index < -0.39 is 0 Å². The number of hydrogen-bond donors (Lipinski definition) is 2. The Labute approximate surface area is 128 Å². The molecule has 1 amide bonds. The van der Waals surface area contributed by atoms with Crippen LogP contribution in [0.4, 0.5) is 5.13 Å². The first-order valence-electron chi connectivity index (χ1n) is 6.77. The Bertz CT molecular complexity index is 593. The van der Waals surface area contributed by atoms with Crippen LogP contribution in [0.15, 0.2) is 29.6 Å². The fourth-order valence-electron chi connectivity index (χ4n) is 1.62. The van der Waals surface area contributed by atoms with Crippen molar-refractivity contribution in [1.29, 1.82) is 0 Å². The van der Waals surface area contributed by atoms with E-state index in [1.807, 2.05) is 29.6 Å². The number of nitrogens with two attached hydrogens (primary N) is 1. The highest BCUT2D eigenvalue weighted by Gasteiger charge is 2.07. The maximum Gasteiger partial charge on any atom is 0.239 e. The summed E-state index contributed by atoms with van der Waals surface area (Å²) in [7, 11) is 0. The van der Waals surface area contributed by atoms with Gasteiger partial charge in [-0.25, -0.2) is 4.98 Å². The Balaban J connectivity index is 2.03. The van der Waals surface area contributed by atoms with E-state index in [-0.39, 0.29) is 12.5 Å². The molecule has 6 heteroatoms. The number of carbonyl (C=O) groups is 1. The standard InChI is InChI=1S/C15H19N3O2S/c1-10(2)8-20-12-5-3-11(4-6-12)13-9-21-15(17-13)18-14(19)7-16/h3-6,9-10H,7-8,16H2,1-2H3,(H,17,18,19). The predicted octanol–water partition coefficient (Wildman–Crippen LogP) is 2.74. The molecule has 2 rings (SSSR count). The molecule has 112 valence electrons. The zero-order valence-corrected chi connectivity index (χ0v) is 12.9. The lowest BCUT2D eigenvalue weighted by molar-refractivity contribution is -0.114. The van der Waals surface area contributed by atoms with E-state index in [9.17, 15) is 4.79 Å². The third-order valence-corrected chi connectivity index (χ3v) is 3.43. The van der Waals surface area contributed by atoms with Crippen molar-refractivity contribution in [1.82, 2.24) is 4.98 Å². The number of aromatic nitrogens is 1. The van der Waals surface area contributed by atoms with Crippen LogP contribution in [0.5, 0.6) is 5.75 Å². The van der Waals surface area contributed by atoms with E-state index >= 15 is 0 Å². The number of thiazole rings is 1. The van der Waals surface area contributed by atoms with Gasteiger partial charge in [0, 0.05) is 10.9 Å². The number of anilines is 1. The van der Waals surface area contributed by atoms with Gasteiger partial charge in [-0.15, -0.1) is 11.3 Å². The molecule has 1 aromatic carbocycles. The summed E-state index contributed by atoms with van der Waals surface area (Å²) in [6.07, 6.45) is 0. The van der Waals surface area contributed by atoms with E-state index in [1.54, 1.807) is 0 Å². The zero-order valence-electron chi connectivity index (χ0n) is 12.1. The van der Waals surface area contributed by atoms with Crippen LogP contribution < -0.4 is 15.8 Å². The molecule has 0 saturated heterocycles. The van der Waals surface area contributed by atoms with Gasteiger partial charge in [-0.2, -0.15) is 0 Å². The highest BCUT2D eigenvalue weighted by atomic mass is 32.1. The van der Waals surface area contributed by atoms with E-state index in [1.165, 1.54) is 11.3 Å². The summed E-state index contributed by atoms with van der Waals surface area (Å²) in [5.41, 5.74) is 7.06. The number of nitrogens with zero attached hydrogens (tertiary/aromatic N) is 1. The summed E-state index contributed by atoms with van der Waals surface area (Å²) < 4.78 is 5.64.